The Morgan fingerprint density at radius 3 is 1.26 bits per heavy atom. The molecule has 1 saturated heterocycles. The number of carboxylic acids is 4. The lowest BCUT2D eigenvalue weighted by Crippen LogP contribution is -2.24. The van der Waals surface area contributed by atoms with E-state index in [1.807, 2.05) is 49.4 Å². The van der Waals surface area contributed by atoms with E-state index in [4.69, 9.17) is 39.4 Å². The molecule has 1 aliphatic rings. The Bertz CT molecular complexity index is 7120. The van der Waals surface area contributed by atoms with E-state index in [0.29, 0.717) is 96.6 Å². The maximum absolute atomic E-state index is 14.8. The number of hydrogen-bond donors (Lipinski definition) is 8. The van der Waals surface area contributed by atoms with Gasteiger partial charge in [-0.3, -0.25) is 9.78 Å². The van der Waals surface area contributed by atoms with Crippen molar-refractivity contribution in [2.75, 3.05) is 6.54 Å². The summed E-state index contributed by atoms with van der Waals surface area (Å²) < 4.78 is 110. The second-order valence-corrected chi connectivity index (χ2v) is 34.1. The average Bonchev–Trinajstić information content (AvgIpc) is 1.64. The van der Waals surface area contributed by atoms with Crippen molar-refractivity contribution in [1.82, 2.24) is 9.88 Å². The molecule has 16 aromatic rings. The second-order valence-electron chi connectivity index (χ2n) is 29.9. The van der Waals surface area contributed by atoms with Crippen LogP contribution < -0.4 is 18.9 Å². The van der Waals surface area contributed by atoms with Gasteiger partial charge in [0.05, 0.1) is 30.6 Å². The molecule has 1 aliphatic heterocycles. The summed E-state index contributed by atoms with van der Waals surface area (Å²) in [4.78, 5) is 64.0. The SMILES string of the molecule is CC(C)c1ccccc1-c1sc2c(F)c(O)ccc2c1Oc1ccc(/C=C/C(=O)O)cc1.Cc1ncccc1-c1sc2cc(O)ccc2c1Oc1ccc(/C=C/C(=O)O)cc1.O=C(O)/C=C/c1ccc(Oc2c(-c3cc(F)ccc3CC(F)(F)F)sc3cc(O)ccc23)cc1.O=C(O)/C=C/c1ccc(Oc2c(-c3ccc(F)cc3CN3CCCC3=O)sc3cc(O)ccc23)cc1. The number of amides is 1. The van der Waals surface area contributed by atoms with Crippen molar-refractivity contribution in [2.24, 2.45) is 0 Å². The molecule has 0 aliphatic carbocycles. The van der Waals surface area contributed by atoms with Gasteiger partial charge in [-0.2, -0.15) is 13.2 Å². The first-order valence-corrected chi connectivity index (χ1v) is 43.5. The van der Waals surface area contributed by atoms with Crippen molar-refractivity contribution in [3.63, 3.8) is 0 Å². The van der Waals surface area contributed by atoms with Crippen LogP contribution in [-0.4, -0.2) is 93.2 Å². The number of phenolic OH excluding ortho intramolecular Hbond substituents is 4. The third-order valence-electron chi connectivity index (χ3n) is 20.3. The fraction of sp³-hybridized carbons (Fsp3) is 0.0980. The number of nitrogens with zero attached hydrogens (tertiary/aromatic N) is 2. The lowest BCUT2D eigenvalue weighted by Gasteiger charge is -2.18. The summed E-state index contributed by atoms with van der Waals surface area (Å²) in [5.74, 6) is -1.62. The van der Waals surface area contributed by atoms with Crippen LogP contribution in [-0.2, 0) is 36.9 Å². The van der Waals surface area contributed by atoms with E-state index in [9.17, 15) is 70.7 Å². The van der Waals surface area contributed by atoms with E-state index in [1.54, 1.807) is 157 Å². The van der Waals surface area contributed by atoms with Gasteiger partial charge in [-0.05, 0) is 234 Å². The topological polar surface area (TPSA) is 300 Å². The highest BCUT2D eigenvalue weighted by atomic mass is 32.1. The number of aromatic hydroxyl groups is 4. The van der Waals surface area contributed by atoms with Gasteiger partial charge in [0.15, 0.2) is 34.6 Å². The number of likely N-dealkylation sites (tertiary alicyclic amines) is 1. The first-order chi connectivity index (χ1) is 62.8. The minimum atomic E-state index is -4.50. The quantitative estimate of drug-likeness (QED) is 0.0206. The molecule has 11 aromatic carbocycles. The molecule has 0 bridgehead atoms. The van der Waals surface area contributed by atoms with Crippen molar-refractivity contribution < 1.29 is 110 Å². The van der Waals surface area contributed by atoms with Crippen LogP contribution in [0.4, 0.5) is 26.3 Å². The first kappa shape index (κ1) is 91.9. The minimum Gasteiger partial charge on any atom is -0.508 e. The Labute approximate surface area is 760 Å². The number of aromatic nitrogens is 1. The molecule has 0 spiro atoms. The normalized spacial score (nSPS) is 12.1. The summed E-state index contributed by atoms with van der Waals surface area (Å²) in [6.07, 6.45) is 7.42. The lowest BCUT2D eigenvalue weighted by atomic mass is 9.96. The van der Waals surface area contributed by atoms with Crippen molar-refractivity contribution in [3.8, 4) is 111 Å². The second kappa shape index (κ2) is 40.8. The van der Waals surface area contributed by atoms with Crippen LogP contribution in [0.5, 0.6) is 69.0 Å². The number of fused-ring (bicyclic) bond motifs is 4. The highest BCUT2D eigenvalue weighted by Gasteiger charge is 2.32. The van der Waals surface area contributed by atoms with Crippen molar-refractivity contribution in [2.45, 2.75) is 58.7 Å². The van der Waals surface area contributed by atoms with Crippen LogP contribution in [0.1, 0.15) is 77.2 Å². The first-order valence-electron chi connectivity index (χ1n) is 40.2. The number of phenols is 4. The number of benzene rings is 11. The van der Waals surface area contributed by atoms with Crippen LogP contribution >= 0.6 is 45.3 Å². The predicted molar refractivity (Wildman–Crippen MR) is 499 cm³/mol. The zero-order valence-electron chi connectivity index (χ0n) is 69.4. The molecule has 1 fully saturated rings. The molecule has 19 nitrogen and oxygen atoms in total. The van der Waals surface area contributed by atoms with E-state index in [0.717, 1.165) is 134 Å². The number of halogens is 6. The number of carbonyl (C=O) groups is 5. The molecule has 1 amide bonds. The minimum absolute atomic E-state index is 0.0313. The van der Waals surface area contributed by atoms with E-state index in [2.05, 4.69) is 18.8 Å². The number of aliphatic carboxylic acids is 4. The van der Waals surface area contributed by atoms with Gasteiger partial charge in [-0.15, -0.1) is 45.3 Å². The molecule has 131 heavy (non-hydrogen) atoms. The molecule has 0 unspecified atom stereocenters. The highest BCUT2D eigenvalue weighted by molar-refractivity contribution is 7.24. The van der Waals surface area contributed by atoms with Crippen LogP contribution in [0, 0.1) is 24.4 Å². The monoisotopic (exact) mass is 1840 g/mol. The van der Waals surface area contributed by atoms with Crippen LogP contribution in [0.25, 0.3) is 106 Å². The summed E-state index contributed by atoms with van der Waals surface area (Å²) in [5, 5.41) is 77.6. The molecule has 662 valence electrons. The Kier molecular flexibility index (Phi) is 28.6. The molecule has 5 aromatic heterocycles. The molecular weight excluding hydrogens is 1770 g/mol. The molecule has 6 heterocycles. The van der Waals surface area contributed by atoms with Crippen LogP contribution in [0.3, 0.4) is 0 Å². The molecule has 29 heteroatoms. The summed E-state index contributed by atoms with van der Waals surface area (Å²) >= 11 is 5.28. The van der Waals surface area contributed by atoms with Crippen LogP contribution in [0.2, 0.25) is 0 Å². The smallest absolute Gasteiger partial charge is 0.393 e. The Balaban J connectivity index is 0.000000141. The standard InChI is InChI=1S/C28H22FNO5S.C26H21FO4S.C25H16F4O4S.C23H17NO4S/c29-19-6-10-22(18(14-19)16-30-13-1-2-25(30)32)28-27(23-11-7-20(31)15-24(23)36-28)35-21-8-3-17(4-9-21)5-12-26(33)34;1-15(2)18-5-3-4-6-19(18)26-24(20-12-13-21(28)23(27)25(20)32-26)31-17-10-7-16(8-11-17)9-14-22(29)30;26-16-5-4-15(13-25(27,28)29)20(11-16)24-23(19-9-6-17(30)12-21(19)34-24)33-18-7-1-14(2-8-18)3-10-22(31)32;1-14-18(3-2-12-24-14)23-22(19-10-7-16(25)13-20(19)29-23)28-17-8-4-15(5-9-17)6-11-21(26)27/h3-12,14-15,31H,1-2,13,16H2,(H,33,34);3-15,28H,1-2H3,(H,29,30);1-12,30H,13H2,(H,31,32);2-13,25H,1H3,(H,26,27)/b12-5+;14-9+;10-3+;11-6+. The van der Waals surface area contributed by atoms with E-state index < -0.39 is 53.9 Å². The van der Waals surface area contributed by atoms with Crippen molar-refractivity contribution in [1.29, 1.82) is 0 Å². The molecule has 0 atom stereocenters. The van der Waals surface area contributed by atoms with E-state index in [-0.39, 0.29) is 56.6 Å². The molecule has 0 radical (unpaired) electrons. The molecular formula is C102H76F6N2O17S4. The predicted octanol–water partition coefficient (Wildman–Crippen LogP) is 27.1. The lowest BCUT2D eigenvalue weighted by molar-refractivity contribution is -0.132. The number of hydrogen-bond acceptors (Lipinski definition) is 18. The van der Waals surface area contributed by atoms with Gasteiger partial charge in [0.25, 0.3) is 0 Å². The number of ether oxygens (including phenoxy) is 4. The summed E-state index contributed by atoms with van der Waals surface area (Å²) in [7, 11) is 0. The van der Waals surface area contributed by atoms with Gasteiger partial charge >= 0.3 is 30.1 Å². The fourth-order valence-corrected chi connectivity index (χ4v) is 19.1. The third kappa shape index (κ3) is 23.0. The van der Waals surface area contributed by atoms with E-state index in [1.165, 1.54) is 88.6 Å². The number of thiophene rings is 4. The summed E-state index contributed by atoms with van der Waals surface area (Å²) in [5.41, 5.74) is 8.12. The van der Waals surface area contributed by atoms with Gasteiger partial charge in [-0.1, -0.05) is 105 Å². The summed E-state index contributed by atoms with van der Waals surface area (Å²) in [6.45, 7) is 7.09. The molecule has 8 N–H and O–H groups in total. The van der Waals surface area contributed by atoms with Gasteiger partial charge in [0.2, 0.25) is 5.91 Å². The zero-order chi connectivity index (χ0) is 92.9. The summed E-state index contributed by atoms with van der Waals surface area (Å²) in [6, 6.07) is 64.7. The number of carboxylic acid groups (broad SMARTS) is 4. The van der Waals surface area contributed by atoms with Gasteiger partial charge < -0.3 is 64.7 Å². The van der Waals surface area contributed by atoms with Crippen molar-refractivity contribution in [3.05, 3.63) is 329 Å². The number of rotatable bonds is 24. The Hall–Kier alpha value is -15.3. The zero-order valence-corrected chi connectivity index (χ0v) is 72.6. The fourth-order valence-electron chi connectivity index (χ4n) is 14.2. The van der Waals surface area contributed by atoms with Crippen molar-refractivity contribution >= 4 is 140 Å². The number of alkyl halides is 3. The number of aryl methyl sites for hydroxylation is 1. The van der Waals surface area contributed by atoms with Gasteiger partial charge in [-0.25, -0.2) is 32.3 Å². The van der Waals surface area contributed by atoms with Gasteiger partial charge in [0.1, 0.15) is 51.9 Å². The highest BCUT2D eigenvalue weighted by Crippen LogP contribution is 2.54. The van der Waals surface area contributed by atoms with Crippen LogP contribution in [0.15, 0.2) is 267 Å². The maximum Gasteiger partial charge on any atom is 0.393 e. The molecule has 17 rings (SSSR count). The largest absolute Gasteiger partial charge is 0.508 e. The number of carbonyl (C=O) groups excluding carboxylic acids is 1. The van der Waals surface area contributed by atoms with E-state index >= 15 is 0 Å². The molecule has 0 saturated carbocycles. The maximum atomic E-state index is 14.8. The average molecular weight is 1840 g/mol. The third-order valence-corrected chi connectivity index (χ3v) is 25.0. The van der Waals surface area contributed by atoms with Gasteiger partial charge in [0, 0.05) is 108 Å². The number of pyridine rings is 1. The Morgan fingerprint density at radius 1 is 0.443 bits per heavy atom. The Morgan fingerprint density at radius 2 is 0.840 bits per heavy atom.